The van der Waals surface area contributed by atoms with E-state index in [-0.39, 0.29) is 30.1 Å². The molecule has 0 aliphatic carbocycles. The zero-order chi connectivity index (χ0) is 22.0. The number of carbonyl (C=O) groups excluding carboxylic acids is 1. The molecule has 2 aliphatic rings. The number of nitrogens with zero attached hydrogens (tertiary/aromatic N) is 1. The molecule has 0 radical (unpaired) electrons. The molecule has 2 bridgehead atoms. The van der Waals surface area contributed by atoms with E-state index in [0.717, 1.165) is 35.7 Å². The molecule has 4 rings (SSSR count). The van der Waals surface area contributed by atoms with Gasteiger partial charge in [-0.25, -0.2) is 4.39 Å². The summed E-state index contributed by atoms with van der Waals surface area (Å²) in [7, 11) is 1.67. The van der Waals surface area contributed by atoms with Crippen molar-refractivity contribution in [2.75, 3.05) is 33.4 Å². The van der Waals surface area contributed by atoms with Crippen molar-refractivity contribution in [2.45, 2.75) is 26.3 Å². The van der Waals surface area contributed by atoms with Crippen LogP contribution in [0.25, 0.3) is 5.57 Å². The predicted octanol–water partition coefficient (Wildman–Crippen LogP) is 3.95. The molecule has 0 fully saturated rings. The summed E-state index contributed by atoms with van der Waals surface area (Å²) < 4.78 is 25.3. The summed E-state index contributed by atoms with van der Waals surface area (Å²) in [6.45, 7) is 6.91. The van der Waals surface area contributed by atoms with Gasteiger partial charge >= 0.3 is 0 Å². The third kappa shape index (κ3) is 4.50. The summed E-state index contributed by atoms with van der Waals surface area (Å²) in [6, 6.07) is 13.5. The molecular formula is C25H29FN2O3. The van der Waals surface area contributed by atoms with Gasteiger partial charge in [-0.15, -0.1) is 0 Å². The van der Waals surface area contributed by atoms with E-state index in [9.17, 15) is 9.18 Å². The Kier molecular flexibility index (Phi) is 6.39. The molecule has 1 amide bonds. The third-order valence-electron chi connectivity index (χ3n) is 6.30. The monoisotopic (exact) mass is 424 g/mol. The Morgan fingerprint density at radius 2 is 2.03 bits per heavy atom. The van der Waals surface area contributed by atoms with Gasteiger partial charge < -0.3 is 14.8 Å². The normalized spacial score (nSPS) is 19.4. The Hall–Kier alpha value is -2.70. The number of hydrogen-bond acceptors (Lipinski definition) is 4. The number of amides is 1. The third-order valence-corrected chi connectivity index (χ3v) is 6.30. The van der Waals surface area contributed by atoms with Gasteiger partial charge in [0.1, 0.15) is 11.6 Å². The second kappa shape index (κ2) is 9.20. The molecule has 31 heavy (non-hydrogen) atoms. The first-order chi connectivity index (χ1) is 15.0. The number of nitrogens with one attached hydrogen (secondary N) is 1. The van der Waals surface area contributed by atoms with E-state index >= 15 is 0 Å². The van der Waals surface area contributed by atoms with E-state index in [1.807, 2.05) is 24.3 Å². The van der Waals surface area contributed by atoms with Crippen molar-refractivity contribution in [1.82, 2.24) is 10.2 Å². The van der Waals surface area contributed by atoms with Crippen LogP contribution >= 0.6 is 0 Å². The van der Waals surface area contributed by atoms with E-state index in [0.29, 0.717) is 18.8 Å². The van der Waals surface area contributed by atoms with Crippen LogP contribution in [0.5, 0.6) is 5.75 Å². The fraction of sp³-hybridized carbons (Fsp3) is 0.400. The molecule has 2 aliphatic heterocycles. The fourth-order valence-electron chi connectivity index (χ4n) is 4.57. The van der Waals surface area contributed by atoms with Crippen LogP contribution in [-0.4, -0.2) is 44.2 Å². The highest BCUT2D eigenvalue weighted by Crippen LogP contribution is 2.35. The summed E-state index contributed by atoms with van der Waals surface area (Å²) in [5, 5.41) is 2.97. The maximum Gasteiger partial charge on any atom is 0.228 e. The van der Waals surface area contributed by atoms with Gasteiger partial charge in [-0.1, -0.05) is 25.1 Å². The lowest BCUT2D eigenvalue weighted by Crippen LogP contribution is -2.39. The zero-order valence-electron chi connectivity index (χ0n) is 18.3. The topological polar surface area (TPSA) is 50.8 Å². The largest absolute Gasteiger partial charge is 0.497 e. The Labute approximate surface area is 182 Å². The highest BCUT2D eigenvalue weighted by molar-refractivity contribution is 5.86. The Bertz CT molecular complexity index is 987. The minimum Gasteiger partial charge on any atom is -0.497 e. The maximum atomic E-state index is 14.2. The molecule has 2 atom stereocenters. The van der Waals surface area contributed by atoms with Crippen LogP contribution in [0.15, 0.2) is 48.2 Å². The molecule has 0 saturated heterocycles. The van der Waals surface area contributed by atoms with Crippen molar-refractivity contribution in [3.8, 4) is 5.75 Å². The molecule has 2 aromatic carbocycles. The molecule has 1 N–H and O–H groups in total. The molecule has 2 aromatic rings. The van der Waals surface area contributed by atoms with Gasteiger partial charge in [0.25, 0.3) is 0 Å². The minimum absolute atomic E-state index is 0.0384. The predicted molar refractivity (Wildman–Crippen MR) is 118 cm³/mol. The fourth-order valence-corrected chi connectivity index (χ4v) is 4.57. The lowest BCUT2D eigenvalue weighted by atomic mass is 9.86. The Balaban J connectivity index is 1.63. The summed E-state index contributed by atoms with van der Waals surface area (Å²) in [5.41, 5.74) is 4.47. The van der Waals surface area contributed by atoms with Gasteiger partial charge in [0.2, 0.25) is 5.91 Å². The van der Waals surface area contributed by atoms with Crippen LogP contribution in [-0.2, 0) is 16.0 Å². The average Bonchev–Trinajstić information content (AvgIpc) is 2.78. The number of fused-ring (bicyclic) bond motifs is 3. The molecule has 0 saturated carbocycles. The van der Waals surface area contributed by atoms with Gasteiger partial charge in [0.05, 0.1) is 26.7 Å². The van der Waals surface area contributed by atoms with Crippen molar-refractivity contribution >= 4 is 11.5 Å². The van der Waals surface area contributed by atoms with Crippen LogP contribution in [0.2, 0.25) is 0 Å². The van der Waals surface area contributed by atoms with E-state index in [4.69, 9.17) is 9.47 Å². The second-order valence-electron chi connectivity index (χ2n) is 8.17. The molecular weight excluding hydrogens is 395 g/mol. The molecule has 0 spiro atoms. The van der Waals surface area contributed by atoms with E-state index in [1.54, 1.807) is 7.11 Å². The Morgan fingerprint density at radius 3 is 2.74 bits per heavy atom. The number of ether oxygens (including phenoxy) is 2. The summed E-state index contributed by atoms with van der Waals surface area (Å²) in [4.78, 5) is 14.8. The molecule has 0 unspecified atom stereocenters. The van der Waals surface area contributed by atoms with Crippen molar-refractivity contribution in [3.05, 3.63) is 70.7 Å². The van der Waals surface area contributed by atoms with Gasteiger partial charge in [0.15, 0.2) is 0 Å². The van der Waals surface area contributed by atoms with Crippen molar-refractivity contribution < 1.29 is 18.7 Å². The van der Waals surface area contributed by atoms with Crippen molar-refractivity contribution in [1.29, 1.82) is 0 Å². The van der Waals surface area contributed by atoms with Crippen LogP contribution in [0, 0.1) is 11.7 Å². The van der Waals surface area contributed by atoms with Crippen LogP contribution < -0.4 is 10.1 Å². The van der Waals surface area contributed by atoms with Crippen molar-refractivity contribution in [3.63, 3.8) is 0 Å². The summed E-state index contributed by atoms with van der Waals surface area (Å²) >= 11 is 0. The second-order valence-corrected chi connectivity index (χ2v) is 8.17. The first kappa shape index (κ1) is 21.5. The zero-order valence-corrected chi connectivity index (χ0v) is 18.3. The van der Waals surface area contributed by atoms with Crippen LogP contribution in [0.1, 0.15) is 36.6 Å². The highest BCUT2D eigenvalue weighted by Gasteiger charge is 2.31. The van der Waals surface area contributed by atoms with Gasteiger partial charge in [-0.2, -0.15) is 0 Å². The maximum absolute atomic E-state index is 14.2. The summed E-state index contributed by atoms with van der Waals surface area (Å²) in [6.07, 6.45) is 0.0384. The van der Waals surface area contributed by atoms with E-state index < -0.39 is 0 Å². The first-order valence-corrected chi connectivity index (χ1v) is 10.8. The SMILES string of the molecule is CCN(C[C@@H]1COCC2=C1c1ccc(F)c(c1)CC(=O)N2)[C@H](C)c1ccc(OC)cc1. The number of benzene rings is 2. The van der Waals surface area contributed by atoms with E-state index in [1.165, 1.54) is 11.6 Å². The number of hydrogen-bond donors (Lipinski definition) is 1. The van der Waals surface area contributed by atoms with Crippen LogP contribution in [0.3, 0.4) is 0 Å². The lowest BCUT2D eigenvalue weighted by Gasteiger charge is -2.36. The van der Waals surface area contributed by atoms with Crippen LogP contribution in [0.4, 0.5) is 4.39 Å². The van der Waals surface area contributed by atoms with Gasteiger partial charge in [0, 0.05) is 24.2 Å². The Morgan fingerprint density at radius 1 is 1.26 bits per heavy atom. The molecule has 2 heterocycles. The highest BCUT2D eigenvalue weighted by atomic mass is 19.1. The van der Waals surface area contributed by atoms with Crippen molar-refractivity contribution in [2.24, 2.45) is 5.92 Å². The number of rotatable bonds is 6. The summed E-state index contributed by atoms with van der Waals surface area (Å²) in [5.74, 6) is 0.370. The minimum atomic E-state index is -0.338. The molecule has 0 aromatic heterocycles. The molecule has 5 nitrogen and oxygen atoms in total. The first-order valence-electron chi connectivity index (χ1n) is 10.8. The average molecular weight is 425 g/mol. The number of halogens is 1. The number of carbonyl (C=O) groups is 1. The van der Waals surface area contributed by atoms with Gasteiger partial charge in [-0.05, 0) is 60.0 Å². The number of methoxy groups -OCH3 is 1. The molecule has 164 valence electrons. The standard InChI is InChI=1S/C25H29FN2O3/c1-4-28(16(2)17-5-8-21(30-3)9-6-17)13-20-14-31-15-23-25(20)18-7-10-22(26)19(11-18)12-24(29)27-23/h5-11,16,20H,4,12-15H2,1-3H3,(H,27,29)/t16-,20-/m1/s1. The van der Waals surface area contributed by atoms with Gasteiger partial charge in [-0.3, -0.25) is 9.69 Å². The quantitative estimate of drug-likeness (QED) is 0.763. The molecule has 6 heteroatoms. The lowest BCUT2D eigenvalue weighted by molar-refractivity contribution is -0.120. The smallest absolute Gasteiger partial charge is 0.228 e. The van der Waals surface area contributed by atoms with E-state index in [2.05, 4.69) is 36.2 Å².